The number of carbonyl (C=O) groups is 2. The van der Waals surface area contributed by atoms with Gasteiger partial charge in [0.15, 0.2) is 0 Å². The number of hydrazone groups is 1. The molecule has 0 bridgehead atoms. The van der Waals surface area contributed by atoms with Crippen molar-refractivity contribution in [3.05, 3.63) is 85.3 Å². The van der Waals surface area contributed by atoms with Crippen LogP contribution in [0.5, 0.6) is 0 Å². The topological polar surface area (TPSA) is 70.6 Å². The van der Waals surface area contributed by atoms with Crippen LogP contribution in [0.2, 0.25) is 4.34 Å². The summed E-state index contributed by atoms with van der Waals surface area (Å²) in [5.41, 5.74) is 2.99. The van der Waals surface area contributed by atoms with Gasteiger partial charge in [-0.2, -0.15) is 5.10 Å². The number of hydrogen-bond acceptors (Lipinski definition) is 5. The van der Waals surface area contributed by atoms with Crippen LogP contribution in [0.1, 0.15) is 20.1 Å². The average Bonchev–Trinajstić information content (AvgIpc) is 3.33. The molecule has 0 saturated heterocycles. The predicted octanol–water partition coefficient (Wildman–Crippen LogP) is 4.38. The van der Waals surface area contributed by atoms with Crippen LogP contribution >= 0.6 is 34.3 Å². The van der Waals surface area contributed by atoms with Crippen LogP contribution < -0.4 is 10.7 Å². The summed E-state index contributed by atoms with van der Waals surface area (Å²) in [6, 6.07) is 15.9. The number of halogens is 1. The zero-order chi connectivity index (χ0) is 19.1. The lowest BCUT2D eigenvalue weighted by molar-refractivity contribution is -0.117. The molecule has 0 fully saturated rings. The highest BCUT2D eigenvalue weighted by molar-refractivity contribution is 7.17. The number of carbonyl (C=O) groups excluding carboxylic acids is 2. The average molecular weight is 416 g/mol. The number of nitrogens with one attached hydrogen (secondary N) is 2. The smallest absolute Gasteiger partial charge is 0.287 e. The Kier molecular flexibility index (Phi) is 6.54. The van der Waals surface area contributed by atoms with Crippen molar-refractivity contribution >= 4 is 58.4 Å². The fourth-order valence-corrected chi connectivity index (χ4v) is 3.66. The molecule has 27 heavy (non-hydrogen) atoms. The monoisotopic (exact) mass is 415 g/mol. The third kappa shape index (κ3) is 5.62. The van der Waals surface area contributed by atoms with E-state index in [0.717, 1.165) is 9.75 Å². The standard InChI is InChI=1S/C19H14ClN3O2S2/c20-17-9-8-15(27-17)12-21-23-19(25)16(11-14-7-4-10-26-14)22-18(24)13-5-2-1-3-6-13/h1-12H,(H,22,24)(H,23,25)/b16-11+,21-12-. The van der Waals surface area contributed by atoms with Gasteiger partial charge in [-0.3, -0.25) is 9.59 Å². The lowest BCUT2D eigenvalue weighted by Crippen LogP contribution is -2.32. The van der Waals surface area contributed by atoms with Gasteiger partial charge in [0.05, 0.1) is 10.6 Å². The van der Waals surface area contributed by atoms with Gasteiger partial charge < -0.3 is 5.32 Å². The molecule has 0 atom stereocenters. The van der Waals surface area contributed by atoms with Crippen molar-refractivity contribution in [2.24, 2.45) is 5.10 Å². The molecule has 0 aliphatic rings. The van der Waals surface area contributed by atoms with Crippen LogP contribution in [0.15, 0.2) is 70.8 Å². The largest absolute Gasteiger partial charge is 0.317 e. The fraction of sp³-hybridized carbons (Fsp3) is 0. The molecule has 3 aromatic rings. The molecule has 2 aromatic heterocycles. The first-order valence-electron chi connectivity index (χ1n) is 7.82. The Hall–Kier alpha value is -2.74. The van der Waals surface area contributed by atoms with Crippen molar-refractivity contribution in [1.29, 1.82) is 0 Å². The van der Waals surface area contributed by atoms with Gasteiger partial charge in [0.1, 0.15) is 5.70 Å². The first-order chi connectivity index (χ1) is 13.1. The quantitative estimate of drug-likeness (QED) is 0.356. The van der Waals surface area contributed by atoms with E-state index in [4.69, 9.17) is 11.6 Å². The summed E-state index contributed by atoms with van der Waals surface area (Å²) in [7, 11) is 0. The lowest BCUT2D eigenvalue weighted by atomic mass is 10.2. The number of benzene rings is 1. The molecule has 2 amide bonds. The fourth-order valence-electron chi connectivity index (χ4n) is 2.07. The molecule has 8 heteroatoms. The van der Waals surface area contributed by atoms with Crippen LogP contribution in [0.25, 0.3) is 6.08 Å². The normalized spacial score (nSPS) is 11.5. The van der Waals surface area contributed by atoms with Crippen LogP contribution in [0, 0.1) is 0 Å². The van der Waals surface area contributed by atoms with Crippen molar-refractivity contribution in [2.45, 2.75) is 0 Å². The highest BCUT2D eigenvalue weighted by atomic mass is 35.5. The van der Waals surface area contributed by atoms with Gasteiger partial charge in [-0.05, 0) is 41.8 Å². The van der Waals surface area contributed by atoms with E-state index in [1.54, 1.807) is 42.5 Å². The number of rotatable bonds is 6. The Morgan fingerprint density at radius 2 is 1.81 bits per heavy atom. The molecule has 0 unspecified atom stereocenters. The Morgan fingerprint density at radius 1 is 1.00 bits per heavy atom. The molecule has 0 aliphatic heterocycles. The SMILES string of the molecule is O=C(N/N=C\c1ccc(Cl)s1)/C(=C\c1cccs1)NC(=O)c1ccccc1. The van der Waals surface area contributed by atoms with Crippen molar-refractivity contribution in [3.63, 3.8) is 0 Å². The number of amides is 2. The molecule has 2 N–H and O–H groups in total. The highest BCUT2D eigenvalue weighted by Gasteiger charge is 2.14. The van der Waals surface area contributed by atoms with Crippen molar-refractivity contribution in [2.75, 3.05) is 0 Å². The van der Waals surface area contributed by atoms with Crippen LogP contribution in [0.4, 0.5) is 0 Å². The summed E-state index contributed by atoms with van der Waals surface area (Å²) in [6.45, 7) is 0. The molecular formula is C19H14ClN3O2S2. The summed E-state index contributed by atoms with van der Waals surface area (Å²) in [6.07, 6.45) is 3.11. The molecule has 2 heterocycles. The molecule has 0 saturated carbocycles. The molecule has 136 valence electrons. The zero-order valence-electron chi connectivity index (χ0n) is 13.9. The number of hydrogen-bond donors (Lipinski definition) is 2. The second-order valence-electron chi connectivity index (χ2n) is 5.23. The Bertz CT molecular complexity index is 980. The second kappa shape index (κ2) is 9.27. The maximum atomic E-state index is 12.5. The molecular weight excluding hydrogens is 402 g/mol. The van der Waals surface area contributed by atoms with E-state index in [9.17, 15) is 9.59 Å². The van der Waals surface area contributed by atoms with E-state index < -0.39 is 5.91 Å². The lowest BCUT2D eigenvalue weighted by Gasteiger charge is -2.08. The molecule has 0 radical (unpaired) electrons. The minimum absolute atomic E-state index is 0.104. The molecule has 1 aromatic carbocycles. The second-order valence-corrected chi connectivity index (χ2v) is 7.96. The third-order valence-electron chi connectivity index (χ3n) is 3.31. The Balaban J connectivity index is 1.74. The van der Waals surface area contributed by atoms with Gasteiger partial charge in [0.25, 0.3) is 11.8 Å². The molecule has 5 nitrogen and oxygen atoms in total. The van der Waals surface area contributed by atoms with Crippen molar-refractivity contribution in [1.82, 2.24) is 10.7 Å². The minimum atomic E-state index is -0.522. The van der Waals surface area contributed by atoms with E-state index in [1.165, 1.54) is 28.9 Å². The number of thiophene rings is 2. The van der Waals surface area contributed by atoms with Gasteiger partial charge in [0.2, 0.25) is 0 Å². The first kappa shape index (κ1) is 19.0. The first-order valence-corrected chi connectivity index (χ1v) is 9.89. The van der Waals surface area contributed by atoms with E-state index in [-0.39, 0.29) is 11.6 Å². The Labute approximate surface area is 169 Å². The summed E-state index contributed by atoms with van der Waals surface area (Å²) >= 11 is 8.66. The van der Waals surface area contributed by atoms with Gasteiger partial charge in [-0.25, -0.2) is 5.43 Å². The summed E-state index contributed by atoms with van der Waals surface area (Å²) < 4.78 is 0.635. The molecule has 0 aliphatic carbocycles. The van der Waals surface area contributed by atoms with Gasteiger partial charge >= 0.3 is 0 Å². The minimum Gasteiger partial charge on any atom is -0.317 e. The molecule has 0 spiro atoms. The maximum Gasteiger partial charge on any atom is 0.287 e. The van der Waals surface area contributed by atoms with Crippen LogP contribution in [-0.2, 0) is 4.79 Å². The van der Waals surface area contributed by atoms with Crippen molar-refractivity contribution < 1.29 is 9.59 Å². The summed E-state index contributed by atoms with van der Waals surface area (Å²) in [5, 5.41) is 8.46. The zero-order valence-corrected chi connectivity index (χ0v) is 16.3. The molecule has 3 rings (SSSR count). The van der Waals surface area contributed by atoms with Gasteiger partial charge in [-0.1, -0.05) is 35.9 Å². The highest BCUT2D eigenvalue weighted by Crippen LogP contribution is 2.19. The van der Waals surface area contributed by atoms with E-state index >= 15 is 0 Å². The van der Waals surface area contributed by atoms with Gasteiger partial charge in [-0.15, -0.1) is 22.7 Å². The van der Waals surface area contributed by atoms with Crippen LogP contribution in [-0.4, -0.2) is 18.0 Å². The van der Waals surface area contributed by atoms with Crippen molar-refractivity contribution in [3.8, 4) is 0 Å². The summed E-state index contributed by atoms with van der Waals surface area (Å²) in [4.78, 5) is 26.6. The van der Waals surface area contributed by atoms with Gasteiger partial charge in [0, 0.05) is 15.3 Å². The third-order valence-corrected chi connectivity index (χ3v) is 5.30. The van der Waals surface area contributed by atoms with E-state index in [1.807, 2.05) is 23.6 Å². The predicted molar refractivity (Wildman–Crippen MR) is 111 cm³/mol. The maximum absolute atomic E-state index is 12.5. The van der Waals surface area contributed by atoms with E-state index in [0.29, 0.717) is 9.90 Å². The summed E-state index contributed by atoms with van der Waals surface area (Å²) in [5.74, 6) is -0.894. The Morgan fingerprint density at radius 3 is 2.48 bits per heavy atom. The number of nitrogens with zero attached hydrogens (tertiary/aromatic N) is 1. The van der Waals surface area contributed by atoms with Crippen LogP contribution in [0.3, 0.4) is 0 Å². The van der Waals surface area contributed by atoms with E-state index in [2.05, 4.69) is 15.8 Å².